The monoisotopic (exact) mass is 297 g/mol. The Balaban J connectivity index is 2.35. The first-order chi connectivity index (χ1) is 9.40. The minimum absolute atomic E-state index is 0.116. The zero-order chi connectivity index (χ0) is 14.8. The smallest absolute Gasteiger partial charge is 0.242 e. The third kappa shape index (κ3) is 3.50. The summed E-state index contributed by atoms with van der Waals surface area (Å²) < 4.78 is 27.5. The van der Waals surface area contributed by atoms with Crippen LogP contribution in [0.25, 0.3) is 0 Å². The molecule has 20 heavy (non-hydrogen) atoms. The second-order valence-corrected chi connectivity index (χ2v) is 7.23. The van der Waals surface area contributed by atoms with Gasteiger partial charge in [-0.1, -0.05) is 12.1 Å². The van der Waals surface area contributed by atoms with Gasteiger partial charge in [0.15, 0.2) is 0 Å². The lowest BCUT2D eigenvalue weighted by Gasteiger charge is -2.34. The van der Waals surface area contributed by atoms with E-state index in [1.54, 1.807) is 12.1 Å². The van der Waals surface area contributed by atoms with Crippen molar-refractivity contribution in [3.63, 3.8) is 0 Å². The van der Waals surface area contributed by atoms with E-state index in [1.807, 2.05) is 26.0 Å². The predicted octanol–water partition coefficient (Wildman–Crippen LogP) is 1.17. The molecule has 2 N–H and O–H groups in total. The Morgan fingerprint density at radius 1 is 1.35 bits per heavy atom. The largest absolute Gasteiger partial charge is 0.368 e. The number of benzene rings is 1. The van der Waals surface area contributed by atoms with Crippen LogP contribution in [0.15, 0.2) is 29.2 Å². The van der Waals surface area contributed by atoms with E-state index in [0.717, 1.165) is 25.3 Å². The van der Waals surface area contributed by atoms with Crippen LogP contribution in [-0.4, -0.2) is 40.1 Å². The molecule has 1 aromatic rings. The van der Waals surface area contributed by atoms with Gasteiger partial charge in [0.25, 0.3) is 0 Å². The van der Waals surface area contributed by atoms with Crippen molar-refractivity contribution in [1.82, 2.24) is 10.0 Å². The van der Waals surface area contributed by atoms with Gasteiger partial charge in [0.05, 0.1) is 5.69 Å². The van der Waals surface area contributed by atoms with Gasteiger partial charge >= 0.3 is 0 Å². The van der Waals surface area contributed by atoms with Crippen LogP contribution in [0.5, 0.6) is 0 Å². The van der Waals surface area contributed by atoms with E-state index in [2.05, 4.69) is 21.9 Å². The third-order valence-corrected chi connectivity index (χ3v) is 4.96. The van der Waals surface area contributed by atoms with Gasteiger partial charge in [0.2, 0.25) is 10.0 Å². The molecule has 1 saturated heterocycles. The molecule has 1 fully saturated rings. The first-order valence-electron chi connectivity index (χ1n) is 7.00. The molecule has 0 aliphatic carbocycles. The van der Waals surface area contributed by atoms with E-state index >= 15 is 0 Å². The fraction of sp³-hybridized carbons (Fsp3) is 0.571. The van der Waals surface area contributed by atoms with Crippen molar-refractivity contribution in [2.75, 3.05) is 24.5 Å². The Morgan fingerprint density at radius 2 is 2.05 bits per heavy atom. The molecule has 0 aromatic heterocycles. The van der Waals surface area contributed by atoms with Crippen LogP contribution in [0.1, 0.15) is 20.8 Å². The Kier molecular flexibility index (Phi) is 4.67. The van der Waals surface area contributed by atoms with Crippen molar-refractivity contribution in [3.8, 4) is 0 Å². The van der Waals surface area contributed by atoms with Crippen molar-refractivity contribution < 1.29 is 8.42 Å². The summed E-state index contributed by atoms with van der Waals surface area (Å²) in [6.07, 6.45) is 0. The number of nitrogens with zero attached hydrogens (tertiary/aromatic N) is 1. The van der Waals surface area contributed by atoms with Crippen molar-refractivity contribution in [2.45, 2.75) is 37.8 Å². The number of hydrogen-bond acceptors (Lipinski definition) is 4. The molecule has 0 amide bonds. The Morgan fingerprint density at radius 3 is 2.70 bits per heavy atom. The lowest BCUT2D eigenvalue weighted by atomic mass is 10.2. The molecule has 1 heterocycles. The summed E-state index contributed by atoms with van der Waals surface area (Å²) in [6, 6.07) is 7.45. The molecule has 0 saturated carbocycles. The highest BCUT2D eigenvalue weighted by molar-refractivity contribution is 7.89. The predicted molar refractivity (Wildman–Crippen MR) is 81.6 cm³/mol. The highest BCUT2D eigenvalue weighted by Crippen LogP contribution is 2.26. The first kappa shape index (κ1) is 15.3. The number of piperazine rings is 1. The molecule has 112 valence electrons. The molecule has 1 unspecified atom stereocenters. The van der Waals surface area contributed by atoms with Gasteiger partial charge < -0.3 is 10.2 Å². The summed E-state index contributed by atoms with van der Waals surface area (Å²) in [7, 11) is -3.47. The number of anilines is 1. The maximum absolute atomic E-state index is 12.4. The first-order valence-corrected chi connectivity index (χ1v) is 8.48. The molecule has 6 heteroatoms. The summed E-state index contributed by atoms with van der Waals surface area (Å²) in [5.74, 6) is 0. The van der Waals surface area contributed by atoms with Gasteiger partial charge in [0.1, 0.15) is 4.90 Å². The van der Waals surface area contributed by atoms with Crippen molar-refractivity contribution in [1.29, 1.82) is 0 Å². The zero-order valence-electron chi connectivity index (χ0n) is 12.3. The van der Waals surface area contributed by atoms with Crippen molar-refractivity contribution in [3.05, 3.63) is 24.3 Å². The number of sulfonamides is 1. The number of hydrogen-bond donors (Lipinski definition) is 2. The molecule has 2 rings (SSSR count). The van der Waals surface area contributed by atoms with Crippen LogP contribution in [0.2, 0.25) is 0 Å². The molecule has 1 aromatic carbocycles. The maximum atomic E-state index is 12.4. The van der Waals surface area contributed by atoms with Gasteiger partial charge in [-0.2, -0.15) is 0 Å². The average Bonchev–Trinajstić information content (AvgIpc) is 2.37. The summed E-state index contributed by atoms with van der Waals surface area (Å²) in [6.45, 7) is 8.26. The van der Waals surface area contributed by atoms with E-state index in [0.29, 0.717) is 10.9 Å². The summed E-state index contributed by atoms with van der Waals surface area (Å²) in [5, 5.41) is 3.37. The molecule has 1 atom stereocenters. The highest BCUT2D eigenvalue weighted by Gasteiger charge is 2.24. The standard InChI is InChI=1S/C14H23N3O2S/c1-11(2)16-20(18,19)14-7-5-4-6-13(14)17-9-8-15-12(3)10-17/h4-7,11-12,15-16H,8-10H2,1-3H3. The summed E-state index contributed by atoms with van der Waals surface area (Å²) in [5.41, 5.74) is 0.786. The molecule has 0 radical (unpaired) electrons. The molecule has 0 bridgehead atoms. The summed E-state index contributed by atoms with van der Waals surface area (Å²) >= 11 is 0. The van der Waals surface area contributed by atoms with E-state index in [9.17, 15) is 8.42 Å². The fourth-order valence-electron chi connectivity index (χ4n) is 2.47. The Hall–Kier alpha value is -1.11. The molecule has 1 aliphatic rings. The third-order valence-electron chi connectivity index (χ3n) is 3.26. The van der Waals surface area contributed by atoms with Gasteiger partial charge in [-0.3, -0.25) is 0 Å². The molecule has 5 nitrogen and oxygen atoms in total. The minimum Gasteiger partial charge on any atom is -0.368 e. The van der Waals surface area contributed by atoms with E-state index in [1.165, 1.54) is 0 Å². The second-order valence-electron chi connectivity index (χ2n) is 5.54. The second kappa shape index (κ2) is 6.11. The van der Waals surface area contributed by atoms with Crippen LogP contribution < -0.4 is 14.9 Å². The van der Waals surface area contributed by atoms with Gasteiger partial charge in [0, 0.05) is 31.7 Å². The van der Waals surface area contributed by atoms with E-state index in [4.69, 9.17) is 0 Å². The van der Waals surface area contributed by atoms with E-state index in [-0.39, 0.29) is 6.04 Å². The fourth-order valence-corrected chi connectivity index (χ4v) is 3.95. The van der Waals surface area contributed by atoms with Crippen LogP contribution in [0.4, 0.5) is 5.69 Å². The lowest BCUT2D eigenvalue weighted by Crippen LogP contribution is -2.49. The average molecular weight is 297 g/mol. The summed E-state index contributed by atoms with van der Waals surface area (Å²) in [4.78, 5) is 2.50. The molecular weight excluding hydrogens is 274 g/mol. The zero-order valence-corrected chi connectivity index (χ0v) is 13.1. The van der Waals surface area contributed by atoms with E-state index < -0.39 is 10.0 Å². The topological polar surface area (TPSA) is 61.4 Å². The SMILES string of the molecule is CC(C)NS(=O)(=O)c1ccccc1N1CCNC(C)C1. The highest BCUT2D eigenvalue weighted by atomic mass is 32.2. The van der Waals surface area contributed by atoms with Crippen molar-refractivity contribution >= 4 is 15.7 Å². The van der Waals surface area contributed by atoms with Crippen LogP contribution in [0, 0.1) is 0 Å². The van der Waals surface area contributed by atoms with Crippen LogP contribution in [-0.2, 0) is 10.0 Å². The lowest BCUT2D eigenvalue weighted by molar-refractivity contribution is 0.482. The van der Waals surface area contributed by atoms with Gasteiger partial charge in [-0.05, 0) is 32.9 Å². The Bertz CT molecular complexity index is 557. The number of para-hydroxylation sites is 1. The maximum Gasteiger partial charge on any atom is 0.242 e. The van der Waals surface area contributed by atoms with Crippen LogP contribution in [0.3, 0.4) is 0 Å². The minimum atomic E-state index is -3.47. The molecule has 1 aliphatic heterocycles. The van der Waals surface area contributed by atoms with Crippen molar-refractivity contribution in [2.24, 2.45) is 0 Å². The molecular formula is C14H23N3O2S. The van der Waals surface area contributed by atoms with Gasteiger partial charge in [-0.15, -0.1) is 0 Å². The number of nitrogens with one attached hydrogen (secondary N) is 2. The van der Waals surface area contributed by atoms with Crippen LogP contribution >= 0.6 is 0 Å². The quantitative estimate of drug-likeness (QED) is 0.876. The number of rotatable bonds is 4. The molecule has 0 spiro atoms. The van der Waals surface area contributed by atoms with Gasteiger partial charge in [-0.25, -0.2) is 13.1 Å². The Labute approximate surface area is 121 Å². The normalized spacial score (nSPS) is 20.4.